The van der Waals surface area contributed by atoms with Crippen molar-refractivity contribution in [3.8, 4) is 0 Å². The summed E-state index contributed by atoms with van der Waals surface area (Å²) >= 11 is 0. The minimum Gasteiger partial charge on any atom is -0.273 e. The Kier molecular flexibility index (Phi) is 2.82. The third-order valence-electron chi connectivity index (χ3n) is 1.88. The molecule has 0 aromatic carbocycles. The number of carbonyl (C=O) groups is 1. The Labute approximate surface area is 79.6 Å². The van der Waals surface area contributed by atoms with E-state index in [1.54, 1.807) is 13.8 Å². The number of alkyl halides is 3. The van der Waals surface area contributed by atoms with Crippen molar-refractivity contribution < 1.29 is 18.0 Å². The Morgan fingerprint density at radius 3 is 2.36 bits per heavy atom. The first-order valence-corrected chi connectivity index (χ1v) is 4.29. The highest BCUT2D eigenvalue weighted by molar-refractivity contribution is 5.95. The van der Waals surface area contributed by atoms with Crippen LogP contribution in [0.25, 0.3) is 0 Å². The summed E-state index contributed by atoms with van der Waals surface area (Å²) in [7, 11) is 0. The number of amides is 1. The molecule has 0 N–H and O–H groups in total. The Bertz CT molecular complexity index is 270. The Hall–Kier alpha value is -1.07. The van der Waals surface area contributed by atoms with Gasteiger partial charge in [0.15, 0.2) is 0 Å². The largest absolute Gasteiger partial charge is 0.431 e. The molecule has 0 fully saturated rings. The lowest BCUT2D eigenvalue weighted by Crippen LogP contribution is -2.40. The van der Waals surface area contributed by atoms with Gasteiger partial charge in [0.2, 0.25) is 5.91 Å². The minimum absolute atomic E-state index is 0.115. The van der Waals surface area contributed by atoms with E-state index in [4.69, 9.17) is 0 Å². The van der Waals surface area contributed by atoms with E-state index >= 15 is 0 Å². The van der Waals surface area contributed by atoms with Gasteiger partial charge in [0.25, 0.3) is 0 Å². The minimum atomic E-state index is -4.42. The van der Waals surface area contributed by atoms with Crippen molar-refractivity contribution in [2.24, 2.45) is 5.10 Å². The summed E-state index contributed by atoms with van der Waals surface area (Å²) in [6, 6.07) is -0.333. The van der Waals surface area contributed by atoms with Crippen molar-refractivity contribution in [2.45, 2.75) is 38.9 Å². The number of rotatable bonds is 1. The molecule has 1 amide bonds. The highest BCUT2D eigenvalue weighted by atomic mass is 19.4. The van der Waals surface area contributed by atoms with E-state index in [0.717, 1.165) is 5.01 Å². The molecule has 0 spiro atoms. The molecule has 3 nitrogen and oxygen atoms in total. The van der Waals surface area contributed by atoms with Crippen molar-refractivity contribution >= 4 is 11.6 Å². The van der Waals surface area contributed by atoms with E-state index < -0.39 is 11.9 Å². The molecule has 14 heavy (non-hydrogen) atoms. The van der Waals surface area contributed by atoms with E-state index in [9.17, 15) is 18.0 Å². The van der Waals surface area contributed by atoms with Crippen LogP contribution in [0.5, 0.6) is 0 Å². The third kappa shape index (κ3) is 2.24. The first-order valence-electron chi connectivity index (χ1n) is 4.29. The van der Waals surface area contributed by atoms with Crippen LogP contribution in [-0.2, 0) is 4.79 Å². The molecule has 1 aliphatic rings. The van der Waals surface area contributed by atoms with E-state index in [1.165, 1.54) is 0 Å². The topological polar surface area (TPSA) is 32.7 Å². The molecule has 0 bridgehead atoms. The van der Waals surface area contributed by atoms with Gasteiger partial charge in [0.1, 0.15) is 5.71 Å². The zero-order valence-corrected chi connectivity index (χ0v) is 7.93. The average Bonchev–Trinajstić information content (AvgIpc) is 2.02. The Morgan fingerprint density at radius 1 is 1.36 bits per heavy atom. The van der Waals surface area contributed by atoms with Gasteiger partial charge in [-0.05, 0) is 13.8 Å². The van der Waals surface area contributed by atoms with Gasteiger partial charge >= 0.3 is 6.18 Å². The quantitative estimate of drug-likeness (QED) is 0.648. The molecular weight excluding hydrogens is 197 g/mol. The summed E-state index contributed by atoms with van der Waals surface area (Å²) in [5, 5.41) is 4.20. The first kappa shape index (κ1) is 11.0. The molecule has 0 aromatic heterocycles. The molecule has 0 saturated heterocycles. The highest BCUT2D eigenvalue weighted by Gasteiger charge is 2.39. The zero-order valence-electron chi connectivity index (χ0n) is 7.93. The molecule has 0 aromatic rings. The Morgan fingerprint density at radius 2 is 1.93 bits per heavy atom. The maximum Gasteiger partial charge on any atom is 0.431 e. The van der Waals surface area contributed by atoms with Gasteiger partial charge in [-0.2, -0.15) is 18.3 Å². The molecule has 80 valence electrons. The van der Waals surface area contributed by atoms with Gasteiger partial charge in [-0.25, -0.2) is 5.01 Å². The monoisotopic (exact) mass is 208 g/mol. The maximum absolute atomic E-state index is 12.2. The van der Waals surface area contributed by atoms with Crippen molar-refractivity contribution in [1.82, 2.24) is 5.01 Å². The number of hydrogen-bond acceptors (Lipinski definition) is 2. The fourth-order valence-electron chi connectivity index (χ4n) is 1.18. The molecule has 0 atom stereocenters. The van der Waals surface area contributed by atoms with Crippen molar-refractivity contribution in [3.63, 3.8) is 0 Å². The summed E-state index contributed by atoms with van der Waals surface area (Å²) in [5.41, 5.74) is -0.870. The lowest BCUT2D eigenvalue weighted by molar-refractivity contribution is -0.134. The second-order valence-corrected chi connectivity index (χ2v) is 3.38. The van der Waals surface area contributed by atoms with Crippen LogP contribution < -0.4 is 0 Å². The van der Waals surface area contributed by atoms with Crippen LogP contribution in [-0.4, -0.2) is 28.8 Å². The SMILES string of the molecule is CC(C)N1N=C(C(F)(F)F)CCC1=O. The summed E-state index contributed by atoms with van der Waals surface area (Å²) in [4.78, 5) is 11.2. The number of nitrogens with zero attached hydrogens (tertiary/aromatic N) is 2. The van der Waals surface area contributed by atoms with E-state index in [1.807, 2.05) is 0 Å². The maximum atomic E-state index is 12.2. The zero-order chi connectivity index (χ0) is 10.9. The third-order valence-corrected chi connectivity index (χ3v) is 1.88. The van der Waals surface area contributed by atoms with Crippen molar-refractivity contribution in [1.29, 1.82) is 0 Å². The van der Waals surface area contributed by atoms with Crippen LogP contribution in [0.4, 0.5) is 13.2 Å². The Balaban J connectivity index is 2.91. The summed E-state index contributed by atoms with van der Waals surface area (Å²) < 4.78 is 36.7. The molecule has 6 heteroatoms. The van der Waals surface area contributed by atoms with Gasteiger partial charge in [-0.1, -0.05) is 0 Å². The summed E-state index contributed by atoms with van der Waals surface area (Å²) in [6.45, 7) is 3.25. The number of carbonyl (C=O) groups excluding carboxylic acids is 1. The molecule has 0 saturated carbocycles. The van der Waals surface area contributed by atoms with Crippen LogP contribution in [0.2, 0.25) is 0 Å². The van der Waals surface area contributed by atoms with Gasteiger partial charge < -0.3 is 0 Å². The fraction of sp³-hybridized carbons (Fsp3) is 0.750. The second-order valence-electron chi connectivity index (χ2n) is 3.38. The first-order chi connectivity index (χ1) is 6.32. The van der Waals surface area contributed by atoms with Crippen LogP contribution >= 0.6 is 0 Å². The van der Waals surface area contributed by atoms with Crippen molar-refractivity contribution in [3.05, 3.63) is 0 Å². The van der Waals surface area contributed by atoms with Gasteiger partial charge in [0, 0.05) is 18.9 Å². The highest BCUT2D eigenvalue weighted by Crippen LogP contribution is 2.25. The van der Waals surface area contributed by atoms with E-state index in [2.05, 4.69) is 5.10 Å². The van der Waals surface area contributed by atoms with Gasteiger partial charge in [0.05, 0.1) is 0 Å². The fourth-order valence-corrected chi connectivity index (χ4v) is 1.18. The van der Waals surface area contributed by atoms with Crippen LogP contribution in [0.1, 0.15) is 26.7 Å². The normalized spacial score (nSPS) is 18.9. The lowest BCUT2D eigenvalue weighted by Gasteiger charge is -2.27. The van der Waals surface area contributed by atoms with Crippen LogP contribution in [0.15, 0.2) is 5.10 Å². The molecule has 0 unspecified atom stereocenters. The van der Waals surface area contributed by atoms with E-state index in [0.29, 0.717) is 0 Å². The smallest absolute Gasteiger partial charge is 0.273 e. The molecular formula is C8H11F3N2O. The molecule has 1 rings (SSSR count). The molecule has 1 heterocycles. The number of halogens is 3. The molecule has 0 radical (unpaired) electrons. The standard InChI is InChI=1S/C8H11F3N2O/c1-5(2)13-7(14)4-3-6(12-13)8(9,10)11/h5H,3-4H2,1-2H3. The summed E-state index contributed by atoms with van der Waals surface area (Å²) in [6.07, 6.45) is -4.85. The summed E-state index contributed by atoms with van der Waals surface area (Å²) in [5.74, 6) is -0.354. The van der Waals surface area contributed by atoms with Crippen LogP contribution in [0, 0.1) is 0 Å². The number of hydrazone groups is 1. The van der Waals surface area contributed by atoms with Gasteiger partial charge in [-0.15, -0.1) is 0 Å². The van der Waals surface area contributed by atoms with Crippen LogP contribution in [0.3, 0.4) is 0 Å². The molecule has 1 aliphatic heterocycles. The second kappa shape index (κ2) is 3.59. The average molecular weight is 208 g/mol. The predicted molar refractivity (Wildman–Crippen MR) is 44.7 cm³/mol. The van der Waals surface area contributed by atoms with Gasteiger partial charge in [-0.3, -0.25) is 4.79 Å². The predicted octanol–water partition coefficient (Wildman–Crippen LogP) is 1.94. The molecule has 0 aliphatic carbocycles. The number of hydrogen-bond donors (Lipinski definition) is 0. The van der Waals surface area contributed by atoms with E-state index in [-0.39, 0.29) is 24.8 Å². The lowest BCUT2D eigenvalue weighted by atomic mass is 10.1. The van der Waals surface area contributed by atoms with Crippen molar-refractivity contribution in [2.75, 3.05) is 0 Å².